The first-order chi connectivity index (χ1) is 7.31. The smallest absolute Gasteiger partial charge is 0.314 e. The SMILES string of the molecule is CC(C)(C)CNC(=O)NCCCCC(=O)O. The summed E-state index contributed by atoms with van der Waals surface area (Å²) >= 11 is 0. The number of hydrogen-bond donors (Lipinski definition) is 3. The number of carboxylic acid groups (broad SMARTS) is 1. The molecule has 0 aliphatic rings. The van der Waals surface area contributed by atoms with Gasteiger partial charge in [-0.15, -0.1) is 0 Å². The normalized spacial score (nSPS) is 10.9. The Kier molecular flexibility index (Phi) is 6.53. The Balaban J connectivity index is 3.41. The van der Waals surface area contributed by atoms with Crippen molar-refractivity contribution in [3.8, 4) is 0 Å². The van der Waals surface area contributed by atoms with Crippen LogP contribution in [-0.2, 0) is 4.79 Å². The summed E-state index contributed by atoms with van der Waals surface area (Å²) in [4.78, 5) is 21.5. The van der Waals surface area contributed by atoms with Crippen molar-refractivity contribution in [3.63, 3.8) is 0 Å². The van der Waals surface area contributed by atoms with Gasteiger partial charge in [-0.3, -0.25) is 4.79 Å². The first kappa shape index (κ1) is 14.7. The molecule has 0 heterocycles. The number of urea groups is 1. The van der Waals surface area contributed by atoms with E-state index in [4.69, 9.17) is 5.11 Å². The molecule has 0 spiro atoms. The molecule has 0 saturated heterocycles. The molecule has 5 nitrogen and oxygen atoms in total. The van der Waals surface area contributed by atoms with Crippen LogP contribution in [-0.4, -0.2) is 30.2 Å². The van der Waals surface area contributed by atoms with Gasteiger partial charge in [-0.2, -0.15) is 0 Å². The molecule has 0 aliphatic heterocycles. The summed E-state index contributed by atoms with van der Waals surface area (Å²) in [6.07, 6.45) is 1.44. The van der Waals surface area contributed by atoms with Crippen molar-refractivity contribution in [2.45, 2.75) is 40.0 Å². The van der Waals surface area contributed by atoms with E-state index < -0.39 is 5.97 Å². The minimum Gasteiger partial charge on any atom is -0.481 e. The lowest BCUT2D eigenvalue weighted by Gasteiger charge is -2.18. The Bertz CT molecular complexity index is 234. The maximum Gasteiger partial charge on any atom is 0.314 e. The van der Waals surface area contributed by atoms with Gasteiger partial charge in [0.25, 0.3) is 0 Å². The zero-order chi connectivity index (χ0) is 12.6. The van der Waals surface area contributed by atoms with Gasteiger partial charge in [0.15, 0.2) is 0 Å². The van der Waals surface area contributed by atoms with Crippen LogP contribution in [0.1, 0.15) is 40.0 Å². The number of amides is 2. The Hall–Kier alpha value is -1.26. The Labute approximate surface area is 96.6 Å². The standard InChI is InChI=1S/C11H22N2O3/c1-11(2,3)8-13-10(16)12-7-5-4-6-9(14)15/h4-8H2,1-3H3,(H,14,15)(H2,12,13,16). The van der Waals surface area contributed by atoms with E-state index in [0.717, 1.165) is 0 Å². The van der Waals surface area contributed by atoms with Crippen LogP contribution in [0.2, 0.25) is 0 Å². The first-order valence-corrected chi connectivity index (χ1v) is 5.55. The molecule has 5 heteroatoms. The van der Waals surface area contributed by atoms with Crippen LogP contribution >= 0.6 is 0 Å². The van der Waals surface area contributed by atoms with E-state index >= 15 is 0 Å². The van der Waals surface area contributed by atoms with E-state index in [2.05, 4.69) is 10.6 Å². The number of hydrogen-bond acceptors (Lipinski definition) is 2. The lowest BCUT2D eigenvalue weighted by Crippen LogP contribution is -2.40. The first-order valence-electron chi connectivity index (χ1n) is 5.55. The van der Waals surface area contributed by atoms with Gasteiger partial charge in [0.1, 0.15) is 0 Å². The number of carbonyl (C=O) groups is 2. The maximum atomic E-state index is 11.2. The molecule has 0 fully saturated rings. The average molecular weight is 230 g/mol. The second kappa shape index (κ2) is 7.09. The topological polar surface area (TPSA) is 78.4 Å². The third kappa shape index (κ3) is 10.8. The molecule has 0 unspecified atom stereocenters. The van der Waals surface area contributed by atoms with Gasteiger partial charge in [0, 0.05) is 19.5 Å². The van der Waals surface area contributed by atoms with Gasteiger partial charge >= 0.3 is 12.0 Å². The lowest BCUT2D eigenvalue weighted by molar-refractivity contribution is -0.137. The Morgan fingerprint density at radius 1 is 1.12 bits per heavy atom. The molecular formula is C11H22N2O3. The van der Waals surface area contributed by atoms with E-state index in [1.807, 2.05) is 20.8 Å². The fourth-order valence-corrected chi connectivity index (χ4v) is 1.01. The van der Waals surface area contributed by atoms with Crippen molar-refractivity contribution in [1.82, 2.24) is 10.6 Å². The van der Waals surface area contributed by atoms with Gasteiger partial charge in [-0.25, -0.2) is 4.79 Å². The molecule has 0 atom stereocenters. The molecule has 2 amide bonds. The van der Waals surface area contributed by atoms with Crippen LogP contribution in [0.25, 0.3) is 0 Å². The van der Waals surface area contributed by atoms with Crippen molar-refractivity contribution < 1.29 is 14.7 Å². The molecule has 0 aromatic rings. The second-order valence-corrected chi connectivity index (χ2v) is 5.02. The third-order valence-electron chi connectivity index (χ3n) is 1.88. The Morgan fingerprint density at radius 3 is 2.25 bits per heavy atom. The van der Waals surface area contributed by atoms with Crippen molar-refractivity contribution in [2.75, 3.05) is 13.1 Å². The monoisotopic (exact) mass is 230 g/mol. The number of aliphatic carboxylic acids is 1. The van der Waals surface area contributed by atoms with Crippen LogP contribution in [0.4, 0.5) is 4.79 Å². The van der Waals surface area contributed by atoms with Gasteiger partial charge in [-0.05, 0) is 18.3 Å². The van der Waals surface area contributed by atoms with Gasteiger partial charge in [-0.1, -0.05) is 20.8 Å². The van der Waals surface area contributed by atoms with Crippen LogP contribution in [0.3, 0.4) is 0 Å². The van der Waals surface area contributed by atoms with Crippen molar-refractivity contribution in [3.05, 3.63) is 0 Å². The van der Waals surface area contributed by atoms with Gasteiger partial charge in [0.2, 0.25) is 0 Å². The summed E-state index contributed by atoms with van der Waals surface area (Å²) in [6.45, 7) is 7.26. The number of nitrogens with one attached hydrogen (secondary N) is 2. The number of carboxylic acids is 1. The summed E-state index contributed by atoms with van der Waals surface area (Å²) in [6, 6.07) is -0.190. The lowest BCUT2D eigenvalue weighted by atomic mass is 9.97. The van der Waals surface area contributed by atoms with Crippen LogP contribution in [0.5, 0.6) is 0 Å². The van der Waals surface area contributed by atoms with Crippen LogP contribution in [0.15, 0.2) is 0 Å². The zero-order valence-electron chi connectivity index (χ0n) is 10.3. The molecule has 94 valence electrons. The number of unbranched alkanes of at least 4 members (excludes halogenated alkanes) is 1. The Morgan fingerprint density at radius 2 is 1.75 bits per heavy atom. The summed E-state index contributed by atoms with van der Waals surface area (Å²) < 4.78 is 0. The number of rotatable bonds is 6. The predicted octanol–water partition coefficient (Wildman–Crippen LogP) is 1.59. The molecule has 0 aromatic heterocycles. The van der Waals surface area contributed by atoms with E-state index in [0.29, 0.717) is 25.9 Å². The molecule has 3 N–H and O–H groups in total. The fourth-order valence-electron chi connectivity index (χ4n) is 1.01. The summed E-state index contributed by atoms with van der Waals surface area (Å²) in [5, 5.41) is 13.8. The highest BCUT2D eigenvalue weighted by molar-refractivity contribution is 5.73. The van der Waals surface area contributed by atoms with E-state index in [1.54, 1.807) is 0 Å². The fraction of sp³-hybridized carbons (Fsp3) is 0.818. The van der Waals surface area contributed by atoms with Crippen molar-refractivity contribution >= 4 is 12.0 Å². The highest BCUT2D eigenvalue weighted by Crippen LogP contribution is 2.09. The minimum atomic E-state index is -0.794. The number of carbonyl (C=O) groups excluding carboxylic acids is 1. The van der Waals surface area contributed by atoms with Gasteiger partial charge in [0.05, 0.1) is 0 Å². The van der Waals surface area contributed by atoms with Crippen LogP contribution in [0, 0.1) is 5.41 Å². The van der Waals surface area contributed by atoms with E-state index in [9.17, 15) is 9.59 Å². The quantitative estimate of drug-likeness (QED) is 0.606. The molecule has 0 radical (unpaired) electrons. The van der Waals surface area contributed by atoms with Crippen molar-refractivity contribution in [1.29, 1.82) is 0 Å². The molecule has 0 aromatic carbocycles. The molecule has 0 aliphatic carbocycles. The molecule has 0 rings (SSSR count). The average Bonchev–Trinajstić information content (AvgIpc) is 2.12. The van der Waals surface area contributed by atoms with Crippen molar-refractivity contribution in [2.24, 2.45) is 5.41 Å². The summed E-state index contributed by atoms with van der Waals surface area (Å²) in [5.74, 6) is -0.794. The molecular weight excluding hydrogens is 208 g/mol. The third-order valence-corrected chi connectivity index (χ3v) is 1.88. The highest BCUT2D eigenvalue weighted by Gasteiger charge is 2.11. The maximum absolute atomic E-state index is 11.2. The molecule has 0 saturated carbocycles. The minimum absolute atomic E-state index is 0.0701. The predicted molar refractivity (Wildman–Crippen MR) is 62.3 cm³/mol. The summed E-state index contributed by atoms with van der Waals surface area (Å²) in [7, 11) is 0. The second-order valence-electron chi connectivity index (χ2n) is 5.02. The van der Waals surface area contributed by atoms with E-state index in [1.165, 1.54) is 0 Å². The highest BCUT2D eigenvalue weighted by atomic mass is 16.4. The molecule has 0 bridgehead atoms. The zero-order valence-corrected chi connectivity index (χ0v) is 10.3. The summed E-state index contributed by atoms with van der Waals surface area (Å²) in [5.41, 5.74) is 0.0701. The van der Waals surface area contributed by atoms with Crippen LogP contribution < -0.4 is 10.6 Å². The largest absolute Gasteiger partial charge is 0.481 e. The molecule has 16 heavy (non-hydrogen) atoms. The van der Waals surface area contributed by atoms with E-state index in [-0.39, 0.29) is 17.9 Å². The van der Waals surface area contributed by atoms with Gasteiger partial charge < -0.3 is 15.7 Å².